The first-order chi connectivity index (χ1) is 11.1. The molecule has 1 amide bonds. The van der Waals surface area contributed by atoms with Crippen LogP contribution in [0.25, 0.3) is 11.0 Å². The van der Waals surface area contributed by atoms with Gasteiger partial charge in [-0.1, -0.05) is 0 Å². The van der Waals surface area contributed by atoms with Crippen LogP contribution in [-0.4, -0.2) is 42.3 Å². The first-order valence-electron chi connectivity index (χ1n) is 7.74. The van der Waals surface area contributed by atoms with Gasteiger partial charge in [0.2, 0.25) is 0 Å². The van der Waals surface area contributed by atoms with Crippen LogP contribution in [0.5, 0.6) is 0 Å². The molecule has 0 spiro atoms. The van der Waals surface area contributed by atoms with E-state index in [-0.39, 0.29) is 11.9 Å². The summed E-state index contributed by atoms with van der Waals surface area (Å²) in [6.45, 7) is 2.69. The Bertz CT molecular complexity index is 880. The standard InChI is InChI=1S/C16H18N6O/c1-10-13-6-11(7-17-15(13)20-19-10)16(23)22-5-3-4-14(22)12-8-18-21(2)9-12/h6-9,14H,3-5H2,1-2H3,(H,17,19,20)/t14-/m0/s1. The Morgan fingerprint density at radius 2 is 2.26 bits per heavy atom. The van der Waals surface area contributed by atoms with Crippen molar-refractivity contribution in [1.82, 2.24) is 29.9 Å². The summed E-state index contributed by atoms with van der Waals surface area (Å²) in [5, 5.41) is 12.1. The lowest BCUT2D eigenvalue weighted by atomic mass is 10.1. The molecule has 1 aliphatic heterocycles. The van der Waals surface area contributed by atoms with E-state index in [1.165, 1.54) is 0 Å². The average molecular weight is 310 g/mol. The molecule has 1 fully saturated rings. The fourth-order valence-corrected chi connectivity index (χ4v) is 3.27. The van der Waals surface area contributed by atoms with Gasteiger partial charge in [0.15, 0.2) is 5.65 Å². The number of amides is 1. The summed E-state index contributed by atoms with van der Waals surface area (Å²) in [5.74, 6) is 0.0198. The van der Waals surface area contributed by atoms with Crippen LogP contribution in [0.1, 0.15) is 40.5 Å². The first kappa shape index (κ1) is 13.9. The highest BCUT2D eigenvalue weighted by atomic mass is 16.2. The third kappa shape index (κ3) is 2.28. The van der Waals surface area contributed by atoms with E-state index < -0.39 is 0 Å². The normalized spacial score (nSPS) is 18.0. The number of likely N-dealkylation sites (tertiary alicyclic amines) is 1. The van der Waals surface area contributed by atoms with Crippen molar-refractivity contribution in [1.29, 1.82) is 0 Å². The Hall–Kier alpha value is -2.70. The third-order valence-electron chi connectivity index (χ3n) is 4.47. The minimum atomic E-state index is 0.0198. The van der Waals surface area contributed by atoms with Crippen molar-refractivity contribution >= 4 is 16.9 Å². The summed E-state index contributed by atoms with van der Waals surface area (Å²) in [6.07, 6.45) is 7.42. The SMILES string of the molecule is Cc1[nH]nc2ncc(C(=O)N3CCC[C@H]3c3cnn(C)c3)cc12. The molecule has 1 aliphatic rings. The zero-order valence-corrected chi connectivity index (χ0v) is 13.2. The molecule has 0 radical (unpaired) electrons. The molecule has 7 nitrogen and oxygen atoms in total. The van der Waals surface area contributed by atoms with Crippen LogP contribution in [0.2, 0.25) is 0 Å². The van der Waals surface area contributed by atoms with Gasteiger partial charge in [-0.3, -0.25) is 14.6 Å². The lowest BCUT2D eigenvalue weighted by Crippen LogP contribution is -2.30. The molecule has 1 saturated heterocycles. The van der Waals surface area contributed by atoms with Gasteiger partial charge in [-0.15, -0.1) is 0 Å². The molecule has 118 valence electrons. The van der Waals surface area contributed by atoms with Gasteiger partial charge in [-0.05, 0) is 25.8 Å². The molecule has 4 heterocycles. The van der Waals surface area contributed by atoms with E-state index in [9.17, 15) is 4.79 Å². The lowest BCUT2D eigenvalue weighted by molar-refractivity contribution is 0.0735. The van der Waals surface area contributed by atoms with E-state index in [1.54, 1.807) is 10.9 Å². The Morgan fingerprint density at radius 3 is 3.04 bits per heavy atom. The molecule has 7 heteroatoms. The fraction of sp³-hybridized carbons (Fsp3) is 0.375. The van der Waals surface area contributed by atoms with Gasteiger partial charge in [0.1, 0.15) is 0 Å². The number of carbonyl (C=O) groups excluding carboxylic acids is 1. The Morgan fingerprint density at radius 1 is 1.39 bits per heavy atom. The van der Waals surface area contributed by atoms with Gasteiger partial charge in [0, 0.05) is 42.6 Å². The molecule has 1 atom stereocenters. The highest BCUT2D eigenvalue weighted by molar-refractivity contribution is 5.97. The maximum Gasteiger partial charge on any atom is 0.255 e. The monoisotopic (exact) mass is 310 g/mol. The van der Waals surface area contributed by atoms with Crippen LogP contribution < -0.4 is 0 Å². The molecule has 3 aromatic rings. The van der Waals surface area contributed by atoms with Crippen molar-refractivity contribution in [3.63, 3.8) is 0 Å². The maximum absolute atomic E-state index is 12.9. The second-order valence-corrected chi connectivity index (χ2v) is 6.05. The Balaban J connectivity index is 1.67. The van der Waals surface area contributed by atoms with E-state index in [1.807, 2.05) is 37.3 Å². The minimum absolute atomic E-state index is 0.0198. The number of aromatic amines is 1. The predicted molar refractivity (Wildman–Crippen MR) is 84.8 cm³/mol. The second kappa shape index (κ2) is 5.19. The van der Waals surface area contributed by atoms with E-state index in [4.69, 9.17) is 0 Å². The molecule has 0 aromatic carbocycles. The summed E-state index contributed by atoms with van der Waals surface area (Å²) in [5.41, 5.74) is 3.27. The topological polar surface area (TPSA) is 79.7 Å². The van der Waals surface area contributed by atoms with Crippen molar-refractivity contribution in [2.45, 2.75) is 25.8 Å². The second-order valence-electron chi connectivity index (χ2n) is 6.05. The molecule has 23 heavy (non-hydrogen) atoms. The van der Waals surface area contributed by atoms with Crippen molar-refractivity contribution < 1.29 is 4.79 Å². The highest BCUT2D eigenvalue weighted by Gasteiger charge is 2.31. The number of H-pyrrole nitrogens is 1. The number of rotatable bonds is 2. The van der Waals surface area contributed by atoms with Crippen LogP contribution >= 0.6 is 0 Å². The van der Waals surface area contributed by atoms with Gasteiger partial charge >= 0.3 is 0 Å². The number of aryl methyl sites for hydroxylation is 2. The van der Waals surface area contributed by atoms with E-state index >= 15 is 0 Å². The molecule has 0 bridgehead atoms. The zero-order chi connectivity index (χ0) is 16.0. The molecule has 0 unspecified atom stereocenters. The Labute approximate surface area is 133 Å². The number of nitrogens with one attached hydrogen (secondary N) is 1. The first-order valence-corrected chi connectivity index (χ1v) is 7.74. The maximum atomic E-state index is 12.9. The summed E-state index contributed by atoms with van der Waals surface area (Å²) in [4.78, 5) is 19.2. The van der Waals surface area contributed by atoms with Crippen molar-refractivity contribution in [3.05, 3.63) is 41.5 Å². The van der Waals surface area contributed by atoms with Crippen LogP contribution in [0, 0.1) is 6.92 Å². The van der Waals surface area contributed by atoms with Gasteiger partial charge in [-0.2, -0.15) is 10.2 Å². The Kier molecular flexibility index (Phi) is 3.14. The summed E-state index contributed by atoms with van der Waals surface area (Å²) >= 11 is 0. The van der Waals surface area contributed by atoms with Gasteiger partial charge < -0.3 is 4.90 Å². The molecular weight excluding hydrogens is 292 g/mol. The van der Waals surface area contributed by atoms with Crippen molar-refractivity contribution in [2.24, 2.45) is 7.05 Å². The largest absolute Gasteiger partial charge is 0.331 e. The molecular formula is C16H18N6O. The summed E-state index contributed by atoms with van der Waals surface area (Å²) < 4.78 is 1.78. The zero-order valence-electron chi connectivity index (χ0n) is 13.2. The predicted octanol–water partition coefficient (Wildman–Crippen LogP) is 1.98. The summed E-state index contributed by atoms with van der Waals surface area (Å²) in [7, 11) is 1.89. The van der Waals surface area contributed by atoms with E-state index in [0.717, 1.165) is 36.0 Å². The highest BCUT2D eigenvalue weighted by Crippen LogP contribution is 2.33. The molecule has 0 aliphatic carbocycles. The third-order valence-corrected chi connectivity index (χ3v) is 4.47. The van der Waals surface area contributed by atoms with Crippen LogP contribution in [0.15, 0.2) is 24.7 Å². The quantitative estimate of drug-likeness (QED) is 0.785. The van der Waals surface area contributed by atoms with Gasteiger partial charge in [0.25, 0.3) is 5.91 Å². The van der Waals surface area contributed by atoms with E-state index in [0.29, 0.717) is 11.2 Å². The number of aromatic nitrogens is 5. The molecule has 4 rings (SSSR count). The molecule has 1 N–H and O–H groups in total. The summed E-state index contributed by atoms with van der Waals surface area (Å²) in [6, 6.07) is 1.97. The van der Waals surface area contributed by atoms with Gasteiger partial charge in [0.05, 0.1) is 17.8 Å². The number of hydrogen-bond acceptors (Lipinski definition) is 4. The molecule has 0 saturated carbocycles. The van der Waals surface area contributed by atoms with E-state index in [2.05, 4.69) is 20.3 Å². The number of carbonyl (C=O) groups is 1. The minimum Gasteiger partial charge on any atom is -0.331 e. The number of fused-ring (bicyclic) bond motifs is 1. The van der Waals surface area contributed by atoms with Gasteiger partial charge in [-0.25, -0.2) is 4.98 Å². The number of nitrogens with zero attached hydrogens (tertiary/aromatic N) is 5. The van der Waals surface area contributed by atoms with Crippen LogP contribution in [-0.2, 0) is 7.05 Å². The number of hydrogen-bond donors (Lipinski definition) is 1. The fourth-order valence-electron chi connectivity index (χ4n) is 3.27. The van der Waals surface area contributed by atoms with Crippen molar-refractivity contribution in [2.75, 3.05) is 6.54 Å². The number of pyridine rings is 1. The van der Waals surface area contributed by atoms with Crippen LogP contribution in [0.3, 0.4) is 0 Å². The smallest absolute Gasteiger partial charge is 0.255 e. The molecule has 3 aromatic heterocycles. The lowest BCUT2D eigenvalue weighted by Gasteiger charge is -2.23. The average Bonchev–Trinajstić information content (AvgIpc) is 3.26. The van der Waals surface area contributed by atoms with Crippen LogP contribution in [0.4, 0.5) is 0 Å². The van der Waals surface area contributed by atoms with Crippen molar-refractivity contribution in [3.8, 4) is 0 Å².